The molecule has 0 unspecified atom stereocenters. The molecule has 0 aromatic carbocycles. The minimum Gasteiger partial charge on any atom is -0.479 e. The number of hydrogen-bond donors (Lipinski definition) is 3. The summed E-state index contributed by atoms with van der Waals surface area (Å²) in [5, 5.41) is 19.1. The standard InChI is InChI=1S/C9H8F2N2O4/c10-6-4(1-2-12-7(6)11)8(15)13-3-5(14)9(16)17/h1-2,5,14H,3H2,(H,13,15)(H,16,17)/t5-/m0/s1. The minimum atomic E-state index is -1.81. The maximum absolute atomic E-state index is 13.1. The molecular weight excluding hydrogens is 238 g/mol. The van der Waals surface area contributed by atoms with Crippen molar-refractivity contribution in [2.45, 2.75) is 6.10 Å². The second-order valence-electron chi connectivity index (χ2n) is 3.03. The minimum absolute atomic E-state index is 0.614. The van der Waals surface area contributed by atoms with Crippen LogP contribution in [0.4, 0.5) is 8.78 Å². The number of nitrogens with zero attached hydrogens (tertiary/aromatic N) is 1. The summed E-state index contributed by atoms with van der Waals surface area (Å²) < 4.78 is 25.7. The number of amides is 1. The molecule has 17 heavy (non-hydrogen) atoms. The van der Waals surface area contributed by atoms with Crippen LogP contribution in [0.5, 0.6) is 0 Å². The number of aliphatic hydroxyl groups excluding tert-OH is 1. The summed E-state index contributed by atoms with van der Waals surface area (Å²) in [4.78, 5) is 24.5. The van der Waals surface area contributed by atoms with Crippen molar-refractivity contribution in [3.8, 4) is 0 Å². The Morgan fingerprint density at radius 2 is 2.12 bits per heavy atom. The van der Waals surface area contributed by atoms with Crippen molar-refractivity contribution in [1.29, 1.82) is 0 Å². The smallest absolute Gasteiger partial charge is 0.334 e. The van der Waals surface area contributed by atoms with Gasteiger partial charge in [0.15, 0.2) is 11.9 Å². The zero-order chi connectivity index (χ0) is 13.0. The van der Waals surface area contributed by atoms with Crippen molar-refractivity contribution in [3.05, 3.63) is 29.6 Å². The normalized spacial score (nSPS) is 11.9. The van der Waals surface area contributed by atoms with Crippen LogP contribution in [0.2, 0.25) is 0 Å². The zero-order valence-electron chi connectivity index (χ0n) is 8.35. The Hall–Kier alpha value is -2.09. The fraction of sp³-hybridized carbons (Fsp3) is 0.222. The number of aliphatic hydroxyl groups is 1. The molecule has 1 aromatic rings. The number of hydrogen-bond acceptors (Lipinski definition) is 4. The van der Waals surface area contributed by atoms with Crippen LogP contribution in [-0.4, -0.2) is 39.7 Å². The number of carbonyl (C=O) groups is 2. The zero-order valence-corrected chi connectivity index (χ0v) is 8.35. The van der Waals surface area contributed by atoms with Crippen LogP contribution in [0.25, 0.3) is 0 Å². The highest BCUT2D eigenvalue weighted by Crippen LogP contribution is 2.08. The maximum Gasteiger partial charge on any atom is 0.334 e. The molecule has 0 fully saturated rings. The van der Waals surface area contributed by atoms with Gasteiger partial charge in [0.2, 0.25) is 5.95 Å². The Labute approximate surface area is 93.9 Å². The van der Waals surface area contributed by atoms with Crippen LogP contribution in [0.1, 0.15) is 10.4 Å². The molecular formula is C9H8F2N2O4. The highest BCUT2D eigenvalue weighted by atomic mass is 19.2. The second-order valence-corrected chi connectivity index (χ2v) is 3.03. The summed E-state index contributed by atoms with van der Waals surface area (Å²) >= 11 is 0. The van der Waals surface area contributed by atoms with Gasteiger partial charge in [-0.1, -0.05) is 0 Å². The van der Waals surface area contributed by atoms with Gasteiger partial charge in [0, 0.05) is 6.20 Å². The number of nitrogens with one attached hydrogen (secondary N) is 1. The molecule has 1 heterocycles. The molecule has 6 nitrogen and oxygen atoms in total. The highest BCUT2D eigenvalue weighted by molar-refractivity contribution is 5.94. The predicted octanol–water partition coefficient (Wildman–Crippen LogP) is -0.465. The van der Waals surface area contributed by atoms with Crippen molar-refractivity contribution in [3.63, 3.8) is 0 Å². The molecule has 1 aromatic heterocycles. The van der Waals surface area contributed by atoms with Crippen LogP contribution >= 0.6 is 0 Å². The van der Waals surface area contributed by atoms with Crippen LogP contribution in [0.15, 0.2) is 12.3 Å². The van der Waals surface area contributed by atoms with Gasteiger partial charge < -0.3 is 15.5 Å². The van der Waals surface area contributed by atoms with Crippen molar-refractivity contribution in [2.24, 2.45) is 0 Å². The highest BCUT2D eigenvalue weighted by Gasteiger charge is 2.18. The molecule has 0 spiro atoms. The summed E-state index contributed by atoms with van der Waals surface area (Å²) in [7, 11) is 0. The van der Waals surface area contributed by atoms with Crippen molar-refractivity contribution in [2.75, 3.05) is 6.54 Å². The largest absolute Gasteiger partial charge is 0.479 e. The lowest BCUT2D eigenvalue weighted by molar-refractivity contribution is -0.146. The number of carboxylic acids is 1. The Balaban J connectivity index is 2.71. The molecule has 0 aliphatic rings. The number of carboxylic acid groups (broad SMARTS) is 1. The summed E-state index contributed by atoms with van der Waals surface area (Å²) in [5.41, 5.74) is -0.616. The first kappa shape index (κ1) is 13.0. The van der Waals surface area contributed by atoms with Crippen LogP contribution in [0.3, 0.4) is 0 Å². The molecule has 0 saturated heterocycles. The quantitative estimate of drug-likeness (QED) is 0.624. The van der Waals surface area contributed by atoms with Crippen molar-refractivity contribution >= 4 is 11.9 Å². The van der Waals surface area contributed by atoms with Crippen LogP contribution in [0, 0.1) is 11.8 Å². The summed E-state index contributed by atoms with van der Waals surface area (Å²) in [6, 6.07) is 0.931. The monoisotopic (exact) mass is 246 g/mol. The van der Waals surface area contributed by atoms with Gasteiger partial charge in [-0.2, -0.15) is 4.39 Å². The molecule has 1 amide bonds. The van der Waals surface area contributed by atoms with E-state index < -0.39 is 41.9 Å². The summed E-state index contributed by atoms with van der Waals surface area (Å²) in [5.74, 6) is -5.44. The number of pyridine rings is 1. The van der Waals surface area contributed by atoms with Gasteiger partial charge in [-0.25, -0.2) is 14.2 Å². The Kier molecular flexibility index (Phi) is 4.05. The lowest BCUT2D eigenvalue weighted by atomic mass is 10.2. The van der Waals surface area contributed by atoms with Gasteiger partial charge in [-0.3, -0.25) is 4.79 Å². The summed E-state index contributed by atoms with van der Waals surface area (Å²) in [6.07, 6.45) is -0.922. The van der Waals surface area contributed by atoms with Gasteiger partial charge in [0.25, 0.3) is 5.91 Å². The number of aromatic nitrogens is 1. The van der Waals surface area contributed by atoms with Gasteiger partial charge in [0.1, 0.15) is 0 Å². The molecule has 1 rings (SSSR count). The Morgan fingerprint density at radius 3 is 2.71 bits per heavy atom. The van der Waals surface area contributed by atoms with E-state index in [9.17, 15) is 18.4 Å². The fourth-order valence-electron chi connectivity index (χ4n) is 0.965. The van der Waals surface area contributed by atoms with Crippen LogP contribution < -0.4 is 5.32 Å². The Bertz CT molecular complexity index is 453. The molecule has 1 atom stereocenters. The van der Waals surface area contributed by atoms with E-state index in [1.165, 1.54) is 0 Å². The van der Waals surface area contributed by atoms with Gasteiger partial charge in [-0.05, 0) is 6.07 Å². The van der Waals surface area contributed by atoms with E-state index in [-0.39, 0.29) is 0 Å². The summed E-state index contributed by atoms with van der Waals surface area (Å²) in [6.45, 7) is -0.614. The van der Waals surface area contributed by atoms with E-state index in [0.29, 0.717) is 0 Å². The van der Waals surface area contributed by atoms with E-state index in [2.05, 4.69) is 4.98 Å². The van der Waals surface area contributed by atoms with Gasteiger partial charge >= 0.3 is 5.97 Å². The molecule has 0 aliphatic heterocycles. The van der Waals surface area contributed by atoms with E-state index in [1.807, 2.05) is 5.32 Å². The number of rotatable bonds is 4. The molecule has 3 N–H and O–H groups in total. The molecule has 0 radical (unpaired) electrons. The third-order valence-electron chi connectivity index (χ3n) is 1.83. The first-order chi connectivity index (χ1) is 7.93. The maximum atomic E-state index is 13.1. The SMILES string of the molecule is O=C(NC[C@H](O)C(=O)O)c1ccnc(F)c1F. The van der Waals surface area contributed by atoms with Gasteiger partial charge in [0.05, 0.1) is 12.1 Å². The van der Waals surface area contributed by atoms with E-state index >= 15 is 0 Å². The number of halogens is 2. The first-order valence-corrected chi connectivity index (χ1v) is 4.42. The Morgan fingerprint density at radius 1 is 1.47 bits per heavy atom. The number of aliphatic carboxylic acids is 1. The number of carbonyl (C=O) groups excluding carboxylic acids is 1. The topological polar surface area (TPSA) is 99.5 Å². The van der Waals surface area contributed by atoms with E-state index in [4.69, 9.17) is 10.2 Å². The first-order valence-electron chi connectivity index (χ1n) is 4.42. The van der Waals surface area contributed by atoms with Crippen molar-refractivity contribution in [1.82, 2.24) is 10.3 Å². The lowest BCUT2D eigenvalue weighted by Gasteiger charge is -2.08. The third kappa shape index (κ3) is 3.18. The third-order valence-corrected chi connectivity index (χ3v) is 1.83. The second kappa shape index (κ2) is 5.30. The van der Waals surface area contributed by atoms with Gasteiger partial charge in [-0.15, -0.1) is 0 Å². The molecule has 0 saturated carbocycles. The lowest BCUT2D eigenvalue weighted by Crippen LogP contribution is -2.36. The fourth-order valence-corrected chi connectivity index (χ4v) is 0.965. The van der Waals surface area contributed by atoms with Crippen molar-refractivity contribution < 1.29 is 28.6 Å². The molecule has 8 heteroatoms. The average Bonchev–Trinajstić information content (AvgIpc) is 2.29. The average molecular weight is 246 g/mol. The molecule has 0 aliphatic carbocycles. The van der Waals surface area contributed by atoms with E-state index in [1.54, 1.807) is 0 Å². The molecule has 92 valence electrons. The van der Waals surface area contributed by atoms with E-state index in [0.717, 1.165) is 12.3 Å². The van der Waals surface area contributed by atoms with Crippen LogP contribution in [-0.2, 0) is 4.79 Å². The predicted molar refractivity (Wildman–Crippen MR) is 50.1 cm³/mol. The molecule has 0 bridgehead atoms.